The Labute approximate surface area is 171 Å². The van der Waals surface area contributed by atoms with Gasteiger partial charge in [-0.1, -0.05) is 0 Å². The molecule has 0 saturated carbocycles. The number of anilines is 1. The molecule has 0 amide bonds. The van der Waals surface area contributed by atoms with E-state index in [9.17, 15) is 8.42 Å². The highest BCUT2D eigenvalue weighted by atomic mass is 32.2. The number of hydrogen-bond donors (Lipinski definition) is 0. The summed E-state index contributed by atoms with van der Waals surface area (Å²) >= 11 is 0. The van der Waals surface area contributed by atoms with Gasteiger partial charge in [-0.3, -0.25) is 4.31 Å². The number of aryl methyl sites for hydroxylation is 2. The van der Waals surface area contributed by atoms with Crippen LogP contribution in [0, 0.1) is 13.8 Å². The zero-order chi connectivity index (χ0) is 21.0. The van der Waals surface area contributed by atoms with E-state index in [-0.39, 0.29) is 4.90 Å². The summed E-state index contributed by atoms with van der Waals surface area (Å²) in [6.45, 7) is 6.06. The van der Waals surface area contributed by atoms with Gasteiger partial charge >= 0.3 is 0 Å². The SMILES string of the molecule is CCOc1ccc(S(=O)(=O)N(C)c2ccc(Oc3cc(C)nc(C)n3)cc2)cc1. The Morgan fingerprint density at radius 3 is 2.14 bits per heavy atom. The highest BCUT2D eigenvalue weighted by Crippen LogP contribution is 2.27. The van der Waals surface area contributed by atoms with Crippen LogP contribution in [0.25, 0.3) is 0 Å². The molecule has 2 aromatic carbocycles. The fourth-order valence-corrected chi connectivity index (χ4v) is 3.95. The fourth-order valence-electron chi connectivity index (χ4n) is 2.75. The number of hydrogen-bond acceptors (Lipinski definition) is 6. The molecule has 1 heterocycles. The van der Waals surface area contributed by atoms with Gasteiger partial charge in [-0.2, -0.15) is 4.98 Å². The summed E-state index contributed by atoms with van der Waals surface area (Å²) in [6.07, 6.45) is 0. The van der Waals surface area contributed by atoms with Gasteiger partial charge < -0.3 is 9.47 Å². The van der Waals surface area contributed by atoms with Gasteiger partial charge in [0.25, 0.3) is 10.0 Å². The summed E-state index contributed by atoms with van der Waals surface area (Å²) in [5.74, 6) is 2.25. The van der Waals surface area contributed by atoms with Crippen molar-refractivity contribution in [3.63, 3.8) is 0 Å². The van der Waals surface area contributed by atoms with Crippen LogP contribution >= 0.6 is 0 Å². The van der Waals surface area contributed by atoms with E-state index in [1.165, 1.54) is 23.5 Å². The topological polar surface area (TPSA) is 81.6 Å². The van der Waals surface area contributed by atoms with Crippen LogP contribution < -0.4 is 13.8 Å². The van der Waals surface area contributed by atoms with Crippen molar-refractivity contribution >= 4 is 15.7 Å². The lowest BCUT2D eigenvalue weighted by molar-refractivity contribution is 0.340. The molecule has 7 nitrogen and oxygen atoms in total. The Morgan fingerprint density at radius 1 is 0.931 bits per heavy atom. The quantitative estimate of drug-likeness (QED) is 0.580. The molecule has 0 N–H and O–H groups in total. The fraction of sp³-hybridized carbons (Fsp3) is 0.238. The Kier molecular flexibility index (Phi) is 6.03. The number of nitrogens with zero attached hydrogens (tertiary/aromatic N) is 3. The lowest BCUT2D eigenvalue weighted by Gasteiger charge is -2.20. The van der Waals surface area contributed by atoms with E-state index >= 15 is 0 Å². The van der Waals surface area contributed by atoms with Crippen LogP contribution in [0.15, 0.2) is 59.5 Å². The molecule has 8 heteroatoms. The smallest absolute Gasteiger partial charge is 0.264 e. The van der Waals surface area contributed by atoms with Crippen LogP contribution in [0.5, 0.6) is 17.4 Å². The van der Waals surface area contributed by atoms with E-state index in [1.54, 1.807) is 49.4 Å². The maximum Gasteiger partial charge on any atom is 0.264 e. The van der Waals surface area contributed by atoms with Gasteiger partial charge in [0.15, 0.2) is 0 Å². The van der Waals surface area contributed by atoms with Gasteiger partial charge in [0.05, 0.1) is 17.2 Å². The zero-order valence-electron chi connectivity index (χ0n) is 16.8. The predicted octanol–water partition coefficient (Wildman–Crippen LogP) is 4.11. The molecule has 0 saturated heterocycles. The molecule has 0 aliphatic rings. The third-order valence-electron chi connectivity index (χ3n) is 4.16. The first kappa shape index (κ1) is 20.6. The van der Waals surface area contributed by atoms with Crippen LogP contribution in [-0.4, -0.2) is 32.0 Å². The summed E-state index contributed by atoms with van der Waals surface area (Å²) in [7, 11) is -2.18. The second-order valence-corrected chi connectivity index (χ2v) is 8.34. The molecule has 29 heavy (non-hydrogen) atoms. The van der Waals surface area contributed by atoms with Crippen molar-refractivity contribution < 1.29 is 17.9 Å². The van der Waals surface area contributed by atoms with Gasteiger partial charge in [-0.25, -0.2) is 13.4 Å². The molecule has 3 rings (SSSR count). The largest absolute Gasteiger partial charge is 0.494 e. The minimum Gasteiger partial charge on any atom is -0.494 e. The third-order valence-corrected chi connectivity index (χ3v) is 5.96. The highest BCUT2D eigenvalue weighted by Gasteiger charge is 2.21. The maximum atomic E-state index is 12.9. The Bertz CT molecular complexity index is 1060. The predicted molar refractivity (Wildman–Crippen MR) is 111 cm³/mol. The molecular formula is C21H23N3O4S. The highest BCUT2D eigenvalue weighted by molar-refractivity contribution is 7.92. The molecule has 0 bridgehead atoms. The molecule has 0 spiro atoms. The number of aromatic nitrogens is 2. The Hall–Kier alpha value is -3.13. The van der Waals surface area contributed by atoms with Crippen molar-refractivity contribution in [1.82, 2.24) is 9.97 Å². The average molecular weight is 413 g/mol. The standard InChI is InChI=1S/C21H23N3O4S/c1-5-27-18-10-12-20(13-11-18)29(25,26)24(4)17-6-8-19(9-7-17)28-21-14-15(2)22-16(3)23-21/h6-14H,5H2,1-4H3. The first-order valence-electron chi connectivity index (χ1n) is 9.11. The molecule has 0 radical (unpaired) electrons. The summed E-state index contributed by atoms with van der Waals surface area (Å²) in [4.78, 5) is 8.64. The summed E-state index contributed by atoms with van der Waals surface area (Å²) in [6, 6.07) is 14.9. The van der Waals surface area contributed by atoms with Gasteiger partial charge in [-0.15, -0.1) is 0 Å². The van der Waals surface area contributed by atoms with Gasteiger partial charge in [0, 0.05) is 18.8 Å². The average Bonchev–Trinajstić information content (AvgIpc) is 2.68. The molecule has 152 valence electrons. The van der Waals surface area contributed by atoms with E-state index in [0.29, 0.717) is 35.5 Å². The molecule has 0 atom stereocenters. The zero-order valence-corrected chi connectivity index (χ0v) is 17.6. The van der Waals surface area contributed by atoms with E-state index in [1.807, 2.05) is 13.8 Å². The Morgan fingerprint density at radius 2 is 1.55 bits per heavy atom. The van der Waals surface area contributed by atoms with Crippen LogP contribution in [0.3, 0.4) is 0 Å². The lowest BCUT2D eigenvalue weighted by Crippen LogP contribution is -2.26. The number of sulfonamides is 1. The molecule has 3 aromatic rings. The van der Waals surface area contributed by atoms with Crippen molar-refractivity contribution in [1.29, 1.82) is 0 Å². The normalized spacial score (nSPS) is 11.2. The molecule has 0 fully saturated rings. The van der Waals surface area contributed by atoms with Crippen LogP contribution in [0.2, 0.25) is 0 Å². The van der Waals surface area contributed by atoms with Crippen molar-refractivity contribution in [3.05, 3.63) is 66.1 Å². The van der Waals surface area contributed by atoms with Crippen molar-refractivity contribution in [2.24, 2.45) is 0 Å². The number of ether oxygens (including phenoxy) is 2. The van der Waals surface area contributed by atoms with E-state index < -0.39 is 10.0 Å². The second kappa shape index (κ2) is 8.48. The molecule has 0 unspecified atom stereocenters. The Balaban J connectivity index is 1.77. The monoisotopic (exact) mass is 413 g/mol. The second-order valence-electron chi connectivity index (χ2n) is 6.37. The molecular weight excluding hydrogens is 390 g/mol. The van der Waals surface area contributed by atoms with Gasteiger partial charge in [0.1, 0.15) is 17.3 Å². The first-order chi connectivity index (χ1) is 13.8. The van der Waals surface area contributed by atoms with Gasteiger partial charge in [0.2, 0.25) is 5.88 Å². The summed E-state index contributed by atoms with van der Waals surface area (Å²) in [5.41, 5.74) is 1.33. The van der Waals surface area contributed by atoms with Crippen LogP contribution in [-0.2, 0) is 10.0 Å². The van der Waals surface area contributed by atoms with Crippen molar-refractivity contribution in [2.45, 2.75) is 25.7 Å². The van der Waals surface area contributed by atoms with E-state index in [4.69, 9.17) is 9.47 Å². The number of benzene rings is 2. The molecule has 0 aliphatic heterocycles. The summed E-state index contributed by atoms with van der Waals surface area (Å²) in [5, 5.41) is 0. The van der Waals surface area contributed by atoms with Gasteiger partial charge in [-0.05, 0) is 69.3 Å². The first-order valence-corrected chi connectivity index (χ1v) is 10.6. The van der Waals surface area contributed by atoms with E-state index in [0.717, 1.165) is 5.69 Å². The van der Waals surface area contributed by atoms with Crippen molar-refractivity contribution in [2.75, 3.05) is 18.0 Å². The van der Waals surface area contributed by atoms with Crippen LogP contribution in [0.4, 0.5) is 5.69 Å². The van der Waals surface area contributed by atoms with Crippen molar-refractivity contribution in [3.8, 4) is 17.4 Å². The third kappa shape index (κ3) is 4.83. The minimum atomic E-state index is -3.69. The lowest BCUT2D eigenvalue weighted by atomic mass is 10.3. The molecule has 0 aliphatic carbocycles. The minimum absolute atomic E-state index is 0.190. The maximum absolute atomic E-state index is 12.9. The van der Waals surface area contributed by atoms with Crippen LogP contribution in [0.1, 0.15) is 18.4 Å². The number of rotatable bonds is 7. The molecule has 1 aromatic heterocycles. The van der Waals surface area contributed by atoms with E-state index in [2.05, 4.69) is 9.97 Å². The summed E-state index contributed by atoms with van der Waals surface area (Å²) < 4.78 is 38.1.